The lowest BCUT2D eigenvalue weighted by Gasteiger charge is -2.24. The van der Waals surface area contributed by atoms with Gasteiger partial charge in [-0.15, -0.1) is 0 Å². The van der Waals surface area contributed by atoms with Crippen LogP contribution in [0.3, 0.4) is 0 Å². The van der Waals surface area contributed by atoms with E-state index in [9.17, 15) is 29.1 Å². The Morgan fingerprint density at radius 2 is 1.44 bits per heavy atom. The van der Waals surface area contributed by atoms with Crippen molar-refractivity contribution in [1.82, 2.24) is 20.9 Å². The summed E-state index contributed by atoms with van der Waals surface area (Å²) in [6.07, 6.45) is 1.66. The summed E-state index contributed by atoms with van der Waals surface area (Å²) in [6, 6.07) is 11.6. The Bertz CT molecular complexity index is 1380. The normalized spacial score (nSPS) is 13.9. The van der Waals surface area contributed by atoms with E-state index in [-0.39, 0.29) is 31.4 Å². The number of nitrogens with two attached hydrogens (primary N) is 2. The van der Waals surface area contributed by atoms with E-state index in [4.69, 9.17) is 11.5 Å². The number of benzene rings is 2. The maximum Gasteiger partial charge on any atom is 0.326 e. The molecule has 0 bridgehead atoms. The molecule has 3 rings (SSSR count). The number of fused-ring (bicyclic) bond motifs is 1. The van der Waals surface area contributed by atoms with Crippen molar-refractivity contribution in [3.63, 3.8) is 0 Å². The number of nitrogens with one attached hydrogen (secondary N) is 4. The smallest absolute Gasteiger partial charge is 0.326 e. The minimum Gasteiger partial charge on any atom is -0.480 e. The molecule has 4 amide bonds. The Labute approximate surface area is 242 Å². The number of aromatic amines is 1. The summed E-state index contributed by atoms with van der Waals surface area (Å²) >= 11 is 4.15. The van der Waals surface area contributed by atoms with Gasteiger partial charge >= 0.3 is 5.97 Å². The summed E-state index contributed by atoms with van der Waals surface area (Å²) in [5.74, 6) is -4.08. The van der Waals surface area contributed by atoms with Gasteiger partial charge in [0.2, 0.25) is 23.6 Å². The summed E-state index contributed by atoms with van der Waals surface area (Å²) in [5.41, 5.74) is 13.2. The van der Waals surface area contributed by atoms with E-state index >= 15 is 0 Å². The zero-order valence-electron chi connectivity index (χ0n) is 22.2. The highest BCUT2D eigenvalue weighted by Crippen LogP contribution is 2.19. The van der Waals surface area contributed by atoms with Crippen LogP contribution in [0.25, 0.3) is 10.9 Å². The second-order valence-corrected chi connectivity index (χ2v) is 9.93. The van der Waals surface area contributed by atoms with Gasteiger partial charge < -0.3 is 37.5 Å². The maximum absolute atomic E-state index is 13.4. The van der Waals surface area contributed by atoms with Gasteiger partial charge in [0.25, 0.3) is 0 Å². The second kappa shape index (κ2) is 14.9. The largest absolute Gasteiger partial charge is 0.480 e. The van der Waals surface area contributed by atoms with Crippen molar-refractivity contribution in [1.29, 1.82) is 0 Å². The van der Waals surface area contributed by atoms with E-state index in [1.54, 1.807) is 36.5 Å². The van der Waals surface area contributed by atoms with Gasteiger partial charge in [-0.05, 0) is 23.6 Å². The number of carbonyl (C=O) groups is 5. The molecule has 1 aromatic heterocycles. The molecule has 0 saturated heterocycles. The van der Waals surface area contributed by atoms with Crippen LogP contribution in [0.2, 0.25) is 0 Å². The molecule has 0 fully saturated rings. The molecule has 0 saturated carbocycles. The molecule has 4 atom stereocenters. The first-order chi connectivity index (χ1) is 19.6. The second-order valence-electron chi connectivity index (χ2n) is 9.57. The molecule has 4 unspecified atom stereocenters. The number of thiol groups is 1. The van der Waals surface area contributed by atoms with Gasteiger partial charge in [0.15, 0.2) is 0 Å². The van der Waals surface area contributed by atoms with E-state index < -0.39 is 53.8 Å². The van der Waals surface area contributed by atoms with Crippen LogP contribution in [-0.2, 0) is 36.8 Å². The van der Waals surface area contributed by atoms with Gasteiger partial charge in [-0.25, -0.2) is 4.79 Å². The number of carbonyl (C=O) groups excluding carboxylic acids is 4. The quantitative estimate of drug-likeness (QED) is 0.115. The molecular weight excluding hydrogens is 548 g/mol. The summed E-state index contributed by atoms with van der Waals surface area (Å²) < 4.78 is 0. The Morgan fingerprint density at radius 1 is 0.829 bits per heavy atom. The molecule has 0 spiro atoms. The highest BCUT2D eigenvalue weighted by atomic mass is 32.1. The Hall–Kier alpha value is -4.36. The van der Waals surface area contributed by atoms with E-state index in [0.717, 1.165) is 16.5 Å². The van der Waals surface area contributed by atoms with Gasteiger partial charge in [-0.2, -0.15) is 12.6 Å². The molecular formula is C28H34N6O6S. The van der Waals surface area contributed by atoms with Crippen molar-refractivity contribution < 1.29 is 29.1 Å². The first-order valence-corrected chi connectivity index (χ1v) is 13.6. The van der Waals surface area contributed by atoms with E-state index in [1.807, 2.05) is 24.3 Å². The number of carboxylic acids is 1. The van der Waals surface area contributed by atoms with Gasteiger partial charge in [-0.3, -0.25) is 19.2 Å². The standard InChI is InChI=1S/C28H34N6O6S/c29-19(10-11-24(30)35)25(36)34-23(15-41)27(38)32-21(12-16-6-2-1-3-7-16)26(37)33-22(28(39)40)13-17-14-31-20-9-5-4-8-18(17)20/h1-9,14,19,21-23,31,41H,10-13,15,29H2,(H2,30,35)(H,32,38)(H,33,37)(H,34,36)(H,39,40). The van der Waals surface area contributed by atoms with Gasteiger partial charge in [0, 0.05) is 42.1 Å². The molecule has 9 N–H and O–H groups in total. The monoisotopic (exact) mass is 582 g/mol. The number of primary amides is 1. The van der Waals surface area contributed by atoms with E-state index in [0.29, 0.717) is 5.56 Å². The van der Waals surface area contributed by atoms with Crippen molar-refractivity contribution in [2.75, 3.05) is 5.75 Å². The van der Waals surface area contributed by atoms with Crippen LogP contribution in [0.5, 0.6) is 0 Å². The fourth-order valence-electron chi connectivity index (χ4n) is 4.23. The molecule has 13 heteroatoms. The number of aromatic nitrogens is 1. The number of H-pyrrole nitrogens is 1. The van der Waals surface area contributed by atoms with Gasteiger partial charge in [-0.1, -0.05) is 48.5 Å². The lowest BCUT2D eigenvalue weighted by atomic mass is 10.0. The van der Waals surface area contributed by atoms with Crippen LogP contribution in [0.15, 0.2) is 60.8 Å². The summed E-state index contributed by atoms with van der Waals surface area (Å²) in [5, 5.41) is 18.4. The van der Waals surface area contributed by atoms with Crippen LogP contribution < -0.4 is 27.4 Å². The molecule has 12 nitrogen and oxygen atoms in total. The van der Waals surface area contributed by atoms with Crippen molar-refractivity contribution in [2.45, 2.75) is 49.9 Å². The third kappa shape index (κ3) is 9.08. The topological polar surface area (TPSA) is 209 Å². The molecule has 218 valence electrons. The Morgan fingerprint density at radius 3 is 2.10 bits per heavy atom. The van der Waals surface area contributed by atoms with Crippen molar-refractivity contribution in [3.8, 4) is 0 Å². The number of aliphatic carboxylic acids is 1. The third-order valence-electron chi connectivity index (χ3n) is 6.48. The lowest BCUT2D eigenvalue weighted by Crippen LogP contribution is -2.58. The number of para-hydroxylation sites is 1. The molecule has 0 aliphatic carbocycles. The van der Waals surface area contributed by atoms with Crippen LogP contribution in [0.1, 0.15) is 24.0 Å². The SMILES string of the molecule is NC(=O)CCC(N)C(=O)NC(CS)C(=O)NC(Cc1ccccc1)C(=O)NC(Cc1c[nH]c2ccccc12)C(=O)O. The predicted molar refractivity (Wildman–Crippen MR) is 156 cm³/mol. The first kappa shape index (κ1) is 31.2. The molecule has 41 heavy (non-hydrogen) atoms. The number of carboxylic acid groups (broad SMARTS) is 1. The molecule has 0 radical (unpaired) electrons. The minimum absolute atomic E-state index is 0.00583. The average Bonchev–Trinajstić information content (AvgIpc) is 3.36. The van der Waals surface area contributed by atoms with Crippen LogP contribution in [-0.4, -0.2) is 69.6 Å². The first-order valence-electron chi connectivity index (χ1n) is 13.0. The van der Waals surface area contributed by atoms with Crippen molar-refractivity contribution in [2.24, 2.45) is 11.5 Å². The lowest BCUT2D eigenvalue weighted by molar-refractivity contribution is -0.142. The number of amides is 4. The molecule has 0 aliphatic heterocycles. The number of hydrogen-bond donors (Lipinski definition) is 8. The predicted octanol–water partition coefficient (Wildman–Crippen LogP) is 0.0147. The van der Waals surface area contributed by atoms with E-state index in [2.05, 4.69) is 33.6 Å². The van der Waals surface area contributed by atoms with Crippen LogP contribution >= 0.6 is 12.6 Å². The zero-order valence-corrected chi connectivity index (χ0v) is 23.1. The van der Waals surface area contributed by atoms with Crippen LogP contribution in [0.4, 0.5) is 0 Å². The van der Waals surface area contributed by atoms with E-state index in [1.165, 1.54) is 0 Å². The summed E-state index contributed by atoms with van der Waals surface area (Å²) in [7, 11) is 0. The van der Waals surface area contributed by atoms with Crippen molar-refractivity contribution in [3.05, 3.63) is 71.9 Å². The summed E-state index contributed by atoms with van der Waals surface area (Å²) in [4.78, 5) is 65.2. The van der Waals surface area contributed by atoms with Crippen LogP contribution in [0, 0.1) is 0 Å². The number of hydrogen-bond acceptors (Lipinski definition) is 7. The van der Waals surface area contributed by atoms with Crippen molar-refractivity contribution >= 4 is 53.1 Å². The zero-order chi connectivity index (χ0) is 29.9. The molecule has 0 aliphatic rings. The third-order valence-corrected chi connectivity index (χ3v) is 6.85. The van der Waals surface area contributed by atoms with Gasteiger partial charge in [0.05, 0.1) is 6.04 Å². The summed E-state index contributed by atoms with van der Waals surface area (Å²) in [6.45, 7) is 0. The molecule has 2 aromatic carbocycles. The Kier molecular flexibility index (Phi) is 11.3. The molecule has 1 heterocycles. The average molecular weight is 583 g/mol. The fourth-order valence-corrected chi connectivity index (χ4v) is 4.48. The molecule has 3 aromatic rings. The fraction of sp³-hybridized carbons (Fsp3) is 0.321. The minimum atomic E-state index is -1.28. The number of rotatable bonds is 15. The highest BCUT2D eigenvalue weighted by Gasteiger charge is 2.30. The highest BCUT2D eigenvalue weighted by molar-refractivity contribution is 7.80. The maximum atomic E-state index is 13.4. The Balaban J connectivity index is 1.75. The van der Waals surface area contributed by atoms with Gasteiger partial charge in [0.1, 0.15) is 18.1 Å².